The van der Waals surface area contributed by atoms with Crippen LogP contribution < -0.4 is 0 Å². The lowest BCUT2D eigenvalue weighted by Gasteiger charge is -2.06. The van der Waals surface area contributed by atoms with E-state index in [1.54, 1.807) is 18.3 Å². The van der Waals surface area contributed by atoms with Crippen molar-refractivity contribution in [1.82, 2.24) is 4.98 Å². The summed E-state index contributed by atoms with van der Waals surface area (Å²) in [5.41, 5.74) is 1.36. The Kier molecular flexibility index (Phi) is 4.49. The molecule has 3 nitrogen and oxygen atoms in total. The molecule has 0 aliphatic carbocycles. The van der Waals surface area contributed by atoms with E-state index in [0.717, 1.165) is 10.0 Å². The average Bonchev–Trinajstić information content (AvgIpc) is 2.38. The second-order valence-electron chi connectivity index (χ2n) is 3.54. The van der Waals surface area contributed by atoms with E-state index in [1.807, 2.05) is 24.3 Å². The first kappa shape index (κ1) is 13.2. The topological polar surface area (TPSA) is 39.2 Å². The molecule has 0 saturated heterocycles. The van der Waals surface area contributed by atoms with E-state index in [4.69, 9.17) is 4.74 Å². The van der Waals surface area contributed by atoms with Crippen LogP contribution in [-0.4, -0.2) is 11.0 Å². The van der Waals surface area contributed by atoms with Crippen LogP contribution in [0.5, 0.6) is 0 Å². The summed E-state index contributed by atoms with van der Waals surface area (Å²) in [6.07, 6.45) is 1.61. The normalized spacial score (nSPS) is 10.1. The van der Waals surface area contributed by atoms with Crippen molar-refractivity contribution >= 4 is 37.8 Å². The number of esters is 1. The summed E-state index contributed by atoms with van der Waals surface area (Å²) in [6.45, 7) is 0.243. The maximum atomic E-state index is 11.8. The molecule has 1 heterocycles. The second-order valence-corrected chi connectivity index (χ2v) is 5.21. The van der Waals surface area contributed by atoms with Gasteiger partial charge in [0.2, 0.25) is 0 Å². The molecular formula is C13H9Br2NO2. The van der Waals surface area contributed by atoms with Gasteiger partial charge in [0.25, 0.3) is 0 Å². The zero-order valence-corrected chi connectivity index (χ0v) is 12.4. The first-order valence-electron chi connectivity index (χ1n) is 5.19. The van der Waals surface area contributed by atoms with E-state index in [9.17, 15) is 4.79 Å². The quantitative estimate of drug-likeness (QED) is 0.606. The molecule has 0 aliphatic rings. The summed E-state index contributed by atoms with van der Waals surface area (Å²) in [5.74, 6) is -0.391. The molecule has 92 valence electrons. The van der Waals surface area contributed by atoms with Gasteiger partial charge in [-0.3, -0.25) is 0 Å². The largest absolute Gasteiger partial charge is 0.457 e. The number of hydrogen-bond acceptors (Lipinski definition) is 3. The lowest BCUT2D eigenvalue weighted by atomic mass is 10.2. The van der Waals surface area contributed by atoms with E-state index in [1.165, 1.54) is 0 Å². The third-order valence-electron chi connectivity index (χ3n) is 2.26. The number of carbonyl (C=O) groups excluding carboxylic acids is 1. The third-order valence-corrected chi connectivity index (χ3v) is 3.42. The van der Waals surface area contributed by atoms with Gasteiger partial charge in [0, 0.05) is 10.7 Å². The van der Waals surface area contributed by atoms with Crippen molar-refractivity contribution in [3.8, 4) is 0 Å². The second kappa shape index (κ2) is 6.11. The third kappa shape index (κ3) is 3.40. The summed E-state index contributed by atoms with van der Waals surface area (Å²) in [5, 5.41) is 0. The maximum Gasteiger partial charge on any atom is 0.341 e. The summed E-state index contributed by atoms with van der Waals surface area (Å²) in [6, 6.07) is 11.0. The molecule has 1 aromatic carbocycles. The Morgan fingerprint density at radius 2 is 1.89 bits per heavy atom. The van der Waals surface area contributed by atoms with E-state index in [0.29, 0.717) is 10.2 Å². The fraction of sp³-hybridized carbons (Fsp3) is 0.0769. The molecule has 0 radical (unpaired) electrons. The van der Waals surface area contributed by atoms with Gasteiger partial charge in [-0.15, -0.1) is 0 Å². The van der Waals surface area contributed by atoms with Crippen molar-refractivity contribution in [3.05, 3.63) is 62.8 Å². The Balaban J connectivity index is 2.01. The minimum absolute atomic E-state index is 0.243. The number of carbonyl (C=O) groups is 1. The highest BCUT2D eigenvalue weighted by molar-refractivity contribution is 9.10. The van der Waals surface area contributed by atoms with Crippen molar-refractivity contribution in [2.24, 2.45) is 0 Å². The number of aromatic nitrogens is 1. The SMILES string of the molecule is O=C(OCc1ccc(Br)cc1)c1cccnc1Br. The summed E-state index contributed by atoms with van der Waals surface area (Å²) in [4.78, 5) is 15.8. The van der Waals surface area contributed by atoms with Gasteiger partial charge in [-0.25, -0.2) is 9.78 Å². The Labute approximate surface area is 121 Å². The Morgan fingerprint density at radius 3 is 2.56 bits per heavy atom. The molecule has 0 unspecified atom stereocenters. The lowest BCUT2D eigenvalue weighted by Crippen LogP contribution is -2.06. The molecular weight excluding hydrogens is 362 g/mol. The number of rotatable bonds is 3. The highest BCUT2D eigenvalue weighted by Gasteiger charge is 2.11. The van der Waals surface area contributed by atoms with E-state index < -0.39 is 5.97 Å². The van der Waals surface area contributed by atoms with Gasteiger partial charge < -0.3 is 4.74 Å². The molecule has 0 fully saturated rings. The number of halogens is 2. The number of nitrogens with zero attached hydrogens (tertiary/aromatic N) is 1. The molecule has 0 amide bonds. The number of pyridine rings is 1. The Hall–Kier alpha value is -1.20. The van der Waals surface area contributed by atoms with E-state index in [2.05, 4.69) is 36.8 Å². The van der Waals surface area contributed by atoms with Crippen LogP contribution >= 0.6 is 31.9 Å². The van der Waals surface area contributed by atoms with E-state index in [-0.39, 0.29) is 6.61 Å². The number of hydrogen-bond donors (Lipinski definition) is 0. The molecule has 5 heteroatoms. The van der Waals surface area contributed by atoms with Gasteiger partial charge in [-0.05, 0) is 45.8 Å². The van der Waals surface area contributed by atoms with Gasteiger partial charge in [0.1, 0.15) is 11.2 Å². The molecule has 2 rings (SSSR count). The monoisotopic (exact) mass is 369 g/mol. The first-order valence-corrected chi connectivity index (χ1v) is 6.77. The first-order chi connectivity index (χ1) is 8.66. The van der Waals surface area contributed by atoms with Crippen molar-refractivity contribution in [3.63, 3.8) is 0 Å². The maximum absolute atomic E-state index is 11.8. The predicted octanol–water partition coefficient (Wildman–Crippen LogP) is 3.96. The van der Waals surface area contributed by atoms with Gasteiger partial charge in [0.15, 0.2) is 0 Å². The summed E-state index contributed by atoms with van der Waals surface area (Å²) in [7, 11) is 0. The van der Waals surface area contributed by atoms with Crippen LogP contribution in [0.3, 0.4) is 0 Å². The summed E-state index contributed by atoms with van der Waals surface area (Å²) >= 11 is 6.56. The van der Waals surface area contributed by atoms with Crippen LogP contribution in [0.25, 0.3) is 0 Å². The molecule has 2 aromatic rings. The molecule has 18 heavy (non-hydrogen) atoms. The molecule has 0 atom stereocenters. The zero-order chi connectivity index (χ0) is 13.0. The fourth-order valence-corrected chi connectivity index (χ4v) is 2.02. The van der Waals surface area contributed by atoms with Crippen LogP contribution in [-0.2, 0) is 11.3 Å². The van der Waals surface area contributed by atoms with Gasteiger partial charge >= 0.3 is 5.97 Å². The molecule has 0 bridgehead atoms. The van der Waals surface area contributed by atoms with Gasteiger partial charge in [0.05, 0.1) is 5.56 Å². The molecule has 0 N–H and O–H groups in total. The van der Waals surface area contributed by atoms with Crippen LogP contribution in [0.15, 0.2) is 51.7 Å². The van der Waals surface area contributed by atoms with Crippen LogP contribution in [0.4, 0.5) is 0 Å². The lowest BCUT2D eigenvalue weighted by molar-refractivity contribution is 0.0471. The Bertz CT molecular complexity index is 555. The summed E-state index contributed by atoms with van der Waals surface area (Å²) < 4.78 is 6.70. The van der Waals surface area contributed by atoms with Crippen molar-refractivity contribution < 1.29 is 9.53 Å². The van der Waals surface area contributed by atoms with Crippen LogP contribution in [0.2, 0.25) is 0 Å². The standard InChI is InChI=1S/C13H9Br2NO2/c14-10-5-3-9(4-6-10)8-18-13(17)11-2-1-7-16-12(11)15/h1-7H,8H2. The van der Waals surface area contributed by atoms with Crippen LogP contribution in [0, 0.1) is 0 Å². The Morgan fingerprint density at radius 1 is 1.17 bits per heavy atom. The van der Waals surface area contributed by atoms with Gasteiger partial charge in [-0.1, -0.05) is 28.1 Å². The minimum Gasteiger partial charge on any atom is -0.457 e. The van der Waals surface area contributed by atoms with Gasteiger partial charge in [-0.2, -0.15) is 0 Å². The van der Waals surface area contributed by atoms with Crippen molar-refractivity contribution in [2.45, 2.75) is 6.61 Å². The molecule has 0 spiro atoms. The molecule has 0 aliphatic heterocycles. The van der Waals surface area contributed by atoms with Crippen molar-refractivity contribution in [1.29, 1.82) is 0 Å². The smallest absolute Gasteiger partial charge is 0.341 e. The minimum atomic E-state index is -0.391. The number of benzene rings is 1. The molecule has 0 saturated carbocycles. The number of ether oxygens (including phenoxy) is 1. The van der Waals surface area contributed by atoms with Crippen molar-refractivity contribution in [2.75, 3.05) is 0 Å². The average molecular weight is 371 g/mol. The van der Waals surface area contributed by atoms with E-state index >= 15 is 0 Å². The predicted molar refractivity (Wildman–Crippen MR) is 75.2 cm³/mol. The van der Waals surface area contributed by atoms with Crippen LogP contribution in [0.1, 0.15) is 15.9 Å². The molecule has 1 aromatic heterocycles. The zero-order valence-electron chi connectivity index (χ0n) is 9.27. The fourth-order valence-electron chi connectivity index (χ4n) is 1.35. The highest BCUT2D eigenvalue weighted by Crippen LogP contribution is 2.15. The highest BCUT2D eigenvalue weighted by atomic mass is 79.9.